The van der Waals surface area contributed by atoms with Crippen molar-refractivity contribution in [2.45, 2.75) is 56.7 Å². The van der Waals surface area contributed by atoms with Crippen molar-refractivity contribution in [3.05, 3.63) is 113 Å². The molecular weight excluding hydrogens is 507 g/mol. The number of aliphatic hydroxyl groups is 2. The van der Waals surface area contributed by atoms with E-state index >= 15 is 0 Å². The Morgan fingerprint density at radius 3 is 2.40 bits per heavy atom. The molecule has 1 aliphatic rings. The third kappa shape index (κ3) is 6.55. The summed E-state index contributed by atoms with van der Waals surface area (Å²) in [4.78, 5) is 10.9. The van der Waals surface area contributed by atoms with Gasteiger partial charge in [0.25, 0.3) is 0 Å². The Morgan fingerprint density at radius 1 is 1.00 bits per heavy atom. The van der Waals surface area contributed by atoms with Crippen LogP contribution in [-0.2, 0) is 17.6 Å². The van der Waals surface area contributed by atoms with Gasteiger partial charge < -0.3 is 15.3 Å². The molecule has 5 rings (SSSR count). The maximum Gasteiger partial charge on any atom is 0.305 e. The second kappa shape index (κ2) is 12.4. The van der Waals surface area contributed by atoms with Gasteiger partial charge in [0.1, 0.15) is 5.82 Å². The maximum atomic E-state index is 13.7. The molecule has 7 heteroatoms. The Labute approximate surface area is 233 Å². The topological polar surface area (TPSA) is 95.6 Å². The third-order valence-corrected chi connectivity index (χ3v) is 7.43. The lowest BCUT2D eigenvalue weighted by atomic mass is 9.82. The van der Waals surface area contributed by atoms with Gasteiger partial charge in [-0.3, -0.25) is 4.79 Å². The van der Waals surface area contributed by atoms with E-state index < -0.39 is 24.6 Å². The molecule has 0 saturated carbocycles. The Bertz CT molecular complexity index is 1460. The quantitative estimate of drug-likeness (QED) is 0.231. The van der Waals surface area contributed by atoms with E-state index in [1.54, 1.807) is 29.0 Å². The van der Waals surface area contributed by atoms with E-state index in [4.69, 9.17) is 10.2 Å². The zero-order valence-electron chi connectivity index (χ0n) is 22.2. The molecule has 3 unspecified atom stereocenters. The second-order valence-electron chi connectivity index (χ2n) is 10.4. The van der Waals surface area contributed by atoms with Gasteiger partial charge in [0.2, 0.25) is 0 Å². The summed E-state index contributed by atoms with van der Waals surface area (Å²) in [6, 6.07) is 25.1. The molecule has 40 heavy (non-hydrogen) atoms. The maximum absolute atomic E-state index is 13.7. The third-order valence-electron chi connectivity index (χ3n) is 7.43. The monoisotopic (exact) mass is 540 g/mol. The van der Waals surface area contributed by atoms with Crippen molar-refractivity contribution < 1.29 is 24.5 Å². The van der Waals surface area contributed by atoms with Gasteiger partial charge in [-0.1, -0.05) is 60.7 Å². The summed E-state index contributed by atoms with van der Waals surface area (Å²) in [6.07, 6.45) is 4.33. The van der Waals surface area contributed by atoms with Gasteiger partial charge in [-0.25, -0.2) is 9.07 Å². The van der Waals surface area contributed by atoms with Gasteiger partial charge in [-0.2, -0.15) is 5.10 Å². The van der Waals surface area contributed by atoms with Crippen LogP contribution in [-0.4, -0.2) is 43.3 Å². The average Bonchev–Trinajstić information content (AvgIpc) is 3.32. The zero-order chi connectivity index (χ0) is 28.1. The first-order valence-corrected chi connectivity index (χ1v) is 13.7. The predicted molar refractivity (Wildman–Crippen MR) is 153 cm³/mol. The number of rotatable bonds is 10. The van der Waals surface area contributed by atoms with Crippen LogP contribution in [0.25, 0.3) is 22.9 Å². The highest BCUT2D eigenvalue weighted by atomic mass is 19.1. The number of benzene rings is 3. The molecule has 3 aromatic carbocycles. The molecule has 1 aliphatic carbocycles. The Kier molecular flexibility index (Phi) is 8.53. The number of halogens is 1. The summed E-state index contributed by atoms with van der Waals surface area (Å²) in [5.41, 5.74) is 7.20. The minimum Gasteiger partial charge on any atom is -0.481 e. The minimum atomic E-state index is -1.15. The molecule has 0 bridgehead atoms. The van der Waals surface area contributed by atoms with Crippen molar-refractivity contribution in [1.82, 2.24) is 9.78 Å². The van der Waals surface area contributed by atoms with Crippen LogP contribution in [0, 0.1) is 5.82 Å². The van der Waals surface area contributed by atoms with Gasteiger partial charge >= 0.3 is 5.97 Å². The summed E-state index contributed by atoms with van der Waals surface area (Å²) in [5.74, 6) is -1.24. The number of fused-ring (bicyclic) bond motifs is 1. The molecule has 0 radical (unpaired) electrons. The highest BCUT2D eigenvalue weighted by molar-refractivity contribution is 5.67. The van der Waals surface area contributed by atoms with Crippen molar-refractivity contribution in [3.8, 4) is 16.8 Å². The first-order valence-electron chi connectivity index (χ1n) is 13.7. The average molecular weight is 541 g/mol. The number of aliphatic hydroxyl groups excluding tert-OH is 2. The molecule has 0 aliphatic heterocycles. The predicted octanol–water partition coefficient (Wildman–Crippen LogP) is 5.94. The van der Waals surface area contributed by atoms with Crippen LogP contribution in [0.2, 0.25) is 0 Å². The summed E-state index contributed by atoms with van der Waals surface area (Å²) < 4.78 is 15.5. The minimum absolute atomic E-state index is 0.0860. The van der Waals surface area contributed by atoms with Gasteiger partial charge in [0.05, 0.1) is 35.7 Å². The van der Waals surface area contributed by atoms with Gasteiger partial charge in [0, 0.05) is 17.9 Å². The molecule has 1 heterocycles. The smallest absolute Gasteiger partial charge is 0.305 e. The number of hydrogen-bond donors (Lipinski definition) is 3. The summed E-state index contributed by atoms with van der Waals surface area (Å²) >= 11 is 0. The van der Waals surface area contributed by atoms with Gasteiger partial charge in [-0.15, -0.1) is 0 Å². The van der Waals surface area contributed by atoms with E-state index in [1.807, 2.05) is 18.2 Å². The Morgan fingerprint density at radius 2 is 1.70 bits per heavy atom. The van der Waals surface area contributed by atoms with Crippen LogP contribution in [0.5, 0.6) is 0 Å². The molecule has 0 spiro atoms. The molecule has 0 amide bonds. The van der Waals surface area contributed by atoms with Crippen molar-refractivity contribution in [2.24, 2.45) is 0 Å². The number of carbonyl (C=O) groups is 1. The fourth-order valence-electron chi connectivity index (χ4n) is 5.47. The highest BCUT2D eigenvalue weighted by Gasteiger charge is 2.28. The summed E-state index contributed by atoms with van der Waals surface area (Å²) in [5, 5.41) is 34.3. The fourth-order valence-corrected chi connectivity index (χ4v) is 5.47. The van der Waals surface area contributed by atoms with Crippen LogP contribution in [0.4, 0.5) is 4.39 Å². The molecule has 3 atom stereocenters. The molecule has 0 fully saturated rings. The number of aliphatic carboxylic acids is 1. The van der Waals surface area contributed by atoms with Gasteiger partial charge in [0.15, 0.2) is 0 Å². The van der Waals surface area contributed by atoms with Gasteiger partial charge in [-0.05, 0) is 72.7 Å². The highest BCUT2D eigenvalue weighted by Crippen LogP contribution is 2.37. The summed E-state index contributed by atoms with van der Waals surface area (Å²) in [6.45, 7) is 0. The fraction of sp³-hybridized carbons (Fsp3) is 0.273. The number of carboxylic acids is 1. The molecular formula is C33H33FN2O4. The van der Waals surface area contributed by atoms with E-state index in [2.05, 4.69) is 36.4 Å². The lowest BCUT2D eigenvalue weighted by Crippen LogP contribution is -2.19. The van der Waals surface area contributed by atoms with E-state index in [0.717, 1.165) is 42.6 Å². The van der Waals surface area contributed by atoms with Crippen molar-refractivity contribution in [1.29, 1.82) is 0 Å². The number of aromatic nitrogens is 2. The lowest BCUT2D eigenvalue weighted by molar-refractivity contribution is -0.139. The van der Waals surface area contributed by atoms with E-state index in [1.165, 1.54) is 28.8 Å². The standard InChI is InChI=1S/C33H33FN2O4/c34-26-13-15-27(16-14-26)36-31(18-17-28(37)20-29(38)21-32(39)40)30-8-4-7-25(33(30)35-36)19-22-9-11-24(12-10-22)23-5-2-1-3-6-23/h1-3,5-6,9-18,25,28-29,37-38H,4,7-8,19-21H2,(H,39,40)/b18-17+. The number of carboxylic acid groups (broad SMARTS) is 1. The number of hydrogen-bond acceptors (Lipinski definition) is 4. The molecule has 206 valence electrons. The Balaban J connectivity index is 1.42. The van der Waals surface area contributed by atoms with Crippen LogP contribution in [0.15, 0.2) is 84.9 Å². The second-order valence-corrected chi connectivity index (χ2v) is 10.4. The zero-order valence-corrected chi connectivity index (χ0v) is 22.2. The first-order chi connectivity index (χ1) is 19.4. The molecule has 0 saturated heterocycles. The molecule has 3 N–H and O–H groups in total. The normalized spacial score (nSPS) is 16.5. The molecule has 4 aromatic rings. The Hall–Kier alpha value is -4.07. The van der Waals surface area contributed by atoms with Crippen molar-refractivity contribution in [3.63, 3.8) is 0 Å². The van der Waals surface area contributed by atoms with Crippen LogP contribution in [0.3, 0.4) is 0 Å². The molecule has 6 nitrogen and oxygen atoms in total. The lowest BCUT2D eigenvalue weighted by Gasteiger charge is -2.21. The van der Waals surface area contributed by atoms with E-state index in [0.29, 0.717) is 5.69 Å². The number of nitrogens with zero attached hydrogens (tertiary/aromatic N) is 2. The van der Waals surface area contributed by atoms with Crippen LogP contribution in [0.1, 0.15) is 54.1 Å². The molecule has 1 aromatic heterocycles. The van der Waals surface area contributed by atoms with Crippen molar-refractivity contribution in [2.75, 3.05) is 0 Å². The van der Waals surface area contributed by atoms with Crippen LogP contribution >= 0.6 is 0 Å². The van der Waals surface area contributed by atoms with E-state index in [-0.39, 0.29) is 18.2 Å². The largest absolute Gasteiger partial charge is 0.481 e. The SMILES string of the molecule is O=C(O)CC(O)CC(O)/C=C/c1c2c(nn1-c1ccc(F)cc1)C(Cc1ccc(-c3ccccc3)cc1)CCC2. The van der Waals surface area contributed by atoms with Crippen molar-refractivity contribution >= 4 is 12.0 Å². The summed E-state index contributed by atoms with van der Waals surface area (Å²) in [7, 11) is 0. The van der Waals surface area contributed by atoms with E-state index in [9.17, 15) is 19.4 Å². The first kappa shape index (κ1) is 27.5. The van der Waals surface area contributed by atoms with Crippen LogP contribution < -0.4 is 0 Å².